The molecule has 0 saturated carbocycles. The molecule has 0 atom stereocenters. The Labute approximate surface area is 113 Å². The Kier molecular flexibility index (Phi) is 6.02. The molecule has 0 bridgehead atoms. The van der Waals surface area contributed by atoms with E-state index in [0.717, 1.165) is 11.3 Å². The van der Waals surface area contributed by atoms with Crippen LogP contribution in [0, 0.1) is 0 Å². The van der Waals surface area contributed by atoms with Gasteiger partial charge in [0.1, 0.15) is 0 Å². The molecule has 1 aromatic rings. The maximum absolute atomic E-state index is 11.6. The van der Waals surface area contributed by atoms with Crippen molar-refractivity contribution in [1.29, 1.82) is 0 Å². The van der Waals surface area contributed by atoms with E-state index in [9.17, 15) is 9.59 Å². The molecule has 0 heterocycles. The highest BCUT2D eigenvalue weighted by Gasteiger charge is 2.06. The molecule has 5 nitrogen and oxygen atoms in total. The van der Waals surface area contributed by atoms with E-state index in [0.29, 0.717) is 19.6 Å². The van der Waals surface area contributed by atoms with E-state index in [-0.39, 0.29) is 11.8 Å². The van der Waals surface area contributed by atoms with Crippen molar-refractivity contribution in [3.63, 3.8) is 0 Å². The number of rotatable bonds is 6. The van der Waals surface area contributed by atoms with Gasteiger partial charge in [-0.05, 0) is 17.7 Å². The zero-order chi connectivity index (χ0) is 14.3. The van der Waals surface area contributed by atoms with Gasteiger partial charge in [-0.3, -0.25) is 9.59 Å². The van der Waals surface area contributed by atoms with E-state index >= 15 is 0 Å². The predicted molar refractivity (Wildman–Crippen MR) is 74.1 cm³/mol. The fraction of sp³-hybridized carbons (Fsp3) is 0.429. The van der Waals surface area contributed by atoms with Gasteiger partial charge in [-0.1, -0.05) is 12.1 Å². The predicted octanol–water partition coefficient (Wildman–Crippen LogP) is 0.974. The van der Waals surface area contributed by atoms with Gasteiger partial charge in [0, 0.05) is 33.3 Å². The average molecular weight is 264 g/mol. The van der Waals surface area contributed by atoms with Gasteiger partial charge < -0.3 is 15.0 Å². The molecule has 0 aliphatic rings. The third kappa shape index (κ3) is 5.09. The number of anilines is 1. The number of amides is 2. The van der Waals surface area contributed by atoms with Crippen molar-refractivity contribution in [2.24, 2.45) is 0 Å². The molecule has 0 spiro atoms. The molecule has 5 heteroatoms. The normalized spacial score (nSPS) is 10.1. The van der Waals surface area contributed by atoms with Crippen LogP contribution in [-0.2, 0) is 20.7 Å². The van der Waals surface area contributed by atoms with Crippen molar-refractivity contribution in [2.75, 3.05) is 32.2 Å². The first-order chi connectivity index (χ1) is 9.04. The second-order valence-electron chi connectivity index (χ2n) is 4.26. The monoisotopic (exact) mass is 264 g/mol. The molecule has 2 amide bonds. The highest BCUT2D eigenvalue weighted by atomic mass is 16.5. The molecular formula is C14H20N2O3. The second kappa shape index (κ2) is 7.53. The molecule has 19 heavy (non-hydrogen) atoms. The Hall–Kier alpha value is -1.88. The Morgan fingerprint density at radius 2 is 1.89 bits per heavy atom. The van der Waals surface area contributed by atoms with Gasteiger partial charge in [0.05, 0.1) is 13.0 Å². The quantitative estimate of drug-likeness (QED) is 0.779. The molecule has 0 radical (unpaired) electrons. The molecule has 1 aromatic carbocycles. The first kappa shape index (κ1) is 15.2. The van der Waals surface area contributed by atoms with Crippen LogP contribution in [0.2, 0.25) is 0 Å². The maximum atomic E-state index is 11.6. The summed E-state index contributed by atoms with van der Waals surface area (Å²) in [4.78, 5) is 24.3. The van der Waals surface area contributed by atoms with Crippen molar-refractivity contribution in [2.45, 2.75) is 13.3 Å². The molecule has 1 N–H and O–H groups in total. The van der Waals surface area contributed by atoms with Gasteiger partial charge in [-0.25, -0.2) is 0 Å². The SMILES string of the molecule is COCCNC(=O)Cc1ccc(N(C)C(C)=O)cc1. The molecule has 0 aliphatic heterocycles. The number of carbonyl (C=O) groups excluding carboxylic acids is 2. The summed E-state index contributed by atoms with van der Waals surface area (Å²) in [6.45, 7) is 2.53. The van der Waals surface area contributed by atoms with Gasteiger partial charge >= 0.3 is 0 Å². The number of hydrogen-bond donors (Lipinski definition) is 1. The smallest absolute Gasteiger partial charge is 0.224 e. The minimum Gasteiger partial charge on any atom is -0.383 e. The van der Waals surface area contributed by atoms with Crippen LogP contribution in [0.5, 0.6) is 0 Å². The molecule has 1 rings (SSSR count). The van der Waals surface area contributed by atoms with Crippen LogP contribution >= 0.6 is 0 Å². The third-order valence-electron chi connectivity index (χ3n) is 2.79. The fourth-order valence-electron chi connectivity index (χ4n) is 1.56. The molecular weight excluding hydrogens is 244 g/mol. The summed E-state index contributed by atoms with van der Waals surface area (Å²) in [6.07, 6.45) is 0.327. The zero-order valence-corrected chi connectivity index (χ0v) is 11.6. The van der Waals surface area contributed by atoms with Crippen LogP contribution in [0.15, 0.2) is 24.3 Å². The van der Waals surface area contributed by atoms with Crippen molar-refractivity contribution < 1.29 is 14.3 Å². The number of ether oxygens (including phenoxy) is 1. The minimum atomic E-state index is -0.0373. The summed E-state index contributed by atoms with van der Waals surface area (Å²) in [5.41, 5.74) is 1.73. The van der Waals surface area contributed by atoms with Crippen molar-refractivity contribution in [3.8, 4) is 0 Å². The number of benzene rings is 1. The number of carbonyl (C=O) groups is 2. The number of nitrogens with zero attached hydrogens (tertiary/aromatic N) is 1. The molecule has 104 valence electrons. The van der Waals surface area contributed by atoms with E-state index in [1.807, 2.05) is 24.3 Å². The lowest BCUT2D eigenvalue weighted by Gasteiger charge is -2.15. The Morgan fingerprint density at radius 3 is 2.42 bits per heavy atom. The summed E-state index contributed by atoms with van der Waals surface area (Å²) in [5.74, 6) is -0.0604. The van der Waals surface area contributed by atoms with E-state index in [2.05, 4.69) is 5.32 Å². The fourth-order valence-corrected chi connectivity index (χ4v) is 1.56. The van der Waals surface area contributed by atoms with Crippen molar-refractivity contribution in [1.82, 2.24) is 5.32 Å². The average Bonchev–Trinajstić information content (AvgIpc) is 2.39. The largest absolute Gasteiger partial charge is 0.383 e. The van der Waals surface area contributed by atoms with E-state index < -0.39 is 0 Å². The van der Waals surface area contributed by atoms with Gasteiger partial charge in [-0.15, -0.1) is 0 Å². The summed E-state index contributed by atoms with van der Waals surface area (Å²) >= 11 is 0. The second-order valence-corrected chi connectivity index (χ2v) is 4.26. The van der Waals surface area contributed by atoms with Crippen molar-refractivity contribution in [3.05, 3.63) is 29.8 Å². The van der Waals surface area contributed by atoms with Crippen LogP contribution in [0.4, 0.5) is 5.69 Å². The van der Waals surface area contributed by atoms with Crippen LogP contribution in [0.25, 0.3) is 0 Å². The first-order valence-corrected chi connectivity index (χ1v) is 6.13. The van der Waals surface area contributed by atoms with Crippen LogP contribution in [0.3, 0.4) is 0 Å². The standard InChI is InChI=1S/C14H20N2O3/c1-11(17)16(2)13-6-4-12(5-7-13)10-14(18)15-8-9-19-3/h4-7H,8-10H2,1-3H3,(H,15,18). The first-order valence-electron chi connectivity index (χ1n) is 6.13. The summed E-state index contributed by atoms with van der Waals surface area (Å²) < 4.78 is 4.85. The number of hydrogen-bond acceptors (Lipinski definition) is 3. The highest BCUT2D eigenvalue weighted by Crippen LogP contribution is 2.14. The topological polar surface area (TPSA) is 58.6 Å². The number of nitrogens with one attached hydrogen (secondary N) is 1. The van der Waals surface area contributed by atoms with E-state index in [1.54, 1.807) is 19.1 Å². The molecule has 0 saturated heterocycles. The Morgan fingerprint density at radius 1 is 1.26 bits per heavy atom. The lowest BCUT2D eigenvalue weighted by molar-refractivity contribution is -0.120. The molecule has 0 aromatic heterocycles. The van der Waals surface area contributed by atoms with Gasteiger partial charge in [-0.2, -0.15) is 0 Å². The summed E-state index contributed by atoms with van der Waals surface area (Å²) in [5, 5.41) is 2.76. The maximum Gasteiger partial charge on any atom is 0.224 e. The van der Waals surface area contributed by atoms with Crippen LogP contribution in [0.1, 0.15) is 12.5 Å². The van der Waals surface area contributed by atoms with Crippen LogP contribution in [-0.4, -0.2) is 39.1 Å². The Bertz CT molecular complexity index is 429. The van der Waals surface area contributed by atoms with Gasteiger partial charge in [0.15, 0.2) is 0 Å². The van der Waals surface area contributed by atoms with Crippen LogP contribution < -0.4 is 10.2 Å². The van der Waals surface area contributed by atoms with Gasteiger partial charge in [0.25, 0.3) is 0 Å². The van der Waals surface area contributed by atoms with Gasteiger partial charge in [0.2, 0.25) is 11.8 Å². The zero-order valence-electron chi connectivity index (χ0n) is 11.6. The molecule has 0 aliphatic carbocycles. The van der Waals surface area contributed by atoms with Crippen molar-refractivity contribution >= 4 is 17.5 Å². The van der Waals surface area contributed by atoms with E-state index in [4.69, 9.17) is 4.74 Å². The molecule has 0 fully saturated rings. The number of methoxy groups -OCH3 is 1. The lowest BCUT2D eigenvalue weighted by Crippen LogP contribution is -2.28. The molecule has 0 unspecified atom stereocenters. The highest BCUT2D eigenvalue weighted by molar-refractivity contribution is 5.90. The minimum absolute atomic E-state index is 0.0231. The summed E-state index contributed by atoms with van der Waals surface area (Å²) in [6, 6.07) is 7.37. The third-order valence-corrected chi connectivity index (χ3v) is 2.79. The van der Waals surface area contributed by atoms with E-state index in [1.165, 1.54) is 6.92 Å². The lowest BCUT2D eigenvalue weighted by atomic mass is 10.1. The summed E-state index contributed by atoms with van der Waals surface area (Å²) in [7, 11) is 3.31. The Balaban J connectivity index is 2.52.